The summed E-state index contributed by atoms with van der Waals surface area (Å²) in [6.45, 7) is 6.69. The molecule has 0 spiro atoms. The van der Waals surface area contributed by atoms with E-state index in [2.05, 4.69) is 25.2 Å². The molecule has 0 bridgehead atoms. The summed E-state index contributed by atoms with van der Waals surface area (Å²) in [5.74, 6) is 0.735. The summed E-state index contributed by atoms with van der Waals surface area (Å²) in [5, 5.41) is 3.47. The van der Waals surface area contributed by atoms with E-state index in [0.717, 1.165) is 25.4 Å². The second kappa shape index (κ2) is 6.66. The third kappa shape index (κ3) is 3.97. The number of furan rings is 1. The van der Waals surface area contributed by atoms with E-state index >= 15 is 0 Å². The van der Waals surface area contributed by atoms with Crippen molar-refractivity contribution in [3.8, 4) is 0 Å². The van der Waals surface area contributed by atoms with E-state index in [0.29, 0.717) is 0 Å². The Morgan fingerprint density at radius 1 is 1.43 bits per heavy atom. The van der Waals surface area contributed by atoms with E-state index in [9.17, 15) is 0 Å². The first-order valence-electron chi connectivity index (χ1n) is 5.58. The van der Waals surface area contributed by atoms with E-state index < -0.39 is 0 Å². The molecule has 1 unspecified atom stereocenters. The van der Waals surface area contributed by atoms with Crippen LogP contribution in [0.15, 0.2) is 23.0 Å². The summed E-state index contributed by atoms with van der Waals surface area (Å²) in [6.07, 6.45) is 7.16. The standard InChI is InChI=1S/C12H21NO/c1-3-6-13-9-11(4-2)8-12-5-7-14-10-12/h5,7,10-11,13H,3-4,6,8-9H2,1-2H3. The average Bonchev–Trinajstić information content (AvgIpc) is 2.69. The summed E-state index contributed by atoms with van der Waals surface area (Å²) in [4.78, 5) is 0. The molecule has 80 valence electrons. The fraction of sp³-hybridized carbons (Fsp3) is 0.667. The molecule has 1 heterocycles. The number of hydrogen-bond acceptors (Lipinski definition) is 2. The van der Waals surface area contributed by atoms with Gasteiger partial charge in [-0.2, -0.15) is 0 Å². The molecular formula is C12H21NO. The highest BCUT2D eigenvalue weighted by Crippen LogP contribution is 2.11. The van der Waals surface area contributed by atoms with Gasteiger partial charge in [0.05, 0.1) is 12.5 Å². The minimum Gasteiger partial charge on any atom is -0.472 e. The summed E-state index contributed by atoms with van der Waals surface area (Å²) < 4.78 is 5.07. The quantitative estimate of drug-likeness (QED) is 0.677. The van der Waals surface area contributed by atoms with Gasteiger partial charge in [0.15, 0.2) is 0 Å². The van der Waals surface area contributed by atoms with Gasteiger partial charge in [-0.25, -0.2) is 0 Å². The Bertz CT molecular complexity index is 218. The molecule has 1 atom stereocenters. The number of rotatable bonds is 7. The van der Waals surface area contributed by atoms with Gasteiger partial charge in [0, 0.05) is 0 Å². The summed E-state index contributed by atoms with van der Waals surface area (Å²) in [5.41, 5.74) is 1.31. The van der Waals surface area contributed by atoms with Crippen molar-refractivity contribution in [3.05, 3.63) is 24.2 Å². The molecule has 1 rings (SSSR count). The second-order valence-corrected chi connectivity index (χ2v) is 3.81. The van der Waals surface area contributed by atoms with E-state index in [1.165, 1.54) is 18.4 Å². The fourth-order valence-electron chi connectivity index (χ4n) is 1.59. The van der Waals surface area contributed by atoms with Crippen molar-refractivity contribution in [2.24, 2.45) is 5.92 Å². The molecule has 0 saturated heterocycles. The lowest BCUT2D eigenvalue weighted by Gasteiger charge is -2.14. The van der Waals surface area contributed by atoms with Crippen LogP contribution < -0.4 is 5.32 Å². The van der Waals surface area contributed by atoms with Crippen molar-refractivity contribution in [1.82, 2.24) is 5.32 Å². The SMILES string of the molecule is CCCNCC(CC)Cc1ccoc1. The van der Waals surface area contributed by atoms with Gasteiger partial charge < -0.3 is 9.73 Å². The van der Waals surface area contributed by atoms with E-state index in [-0.39, 0.29) is 0 Å². The van der Waals surface area contributed by atoms with E-state index in [1.807, 2.05) is 6.26 Å². The molecule has 1 aromatic heterocycles. The van der Waals surface area contributed by atoms with Crippen LogP contribution in [0, 0.1) is 5.92 Å². The molecule has 0 aliphatic rings. The van der Waals surface area contributed by atoms with Crippen LogP contribution in [0.25, 0.3) is 0 Å². The Balaban J connectivity index is 2.24. The molecule has 1 aromatic rings. The Kier molecular flexibility index (Phi) is 5.38. The first kappa shape index (κ1) is 11.3. The van der Waals surface area contributed by atoms with Gasteiger partial charge in [0.25, 0.3) is 0 Å². The van der Waals surface area contributed by atoms with E-state index in [1.54, 1.807) is 6.26 Å². The molecule has 2 nitrogen and oxygen atoms in total. The van der Waals surface area contributed by atoms with Crippen molar-refractivity contribution in [2.75, 3.05) is 13.1 Å². The molecular weight excluding hydrogens is 174 g/mol. The smallest absolute Gasteiger partial charge is 0.0934 e. The highest BCUT2D eigenvalue weighted by molar-refractivity contribution is 5.06. The number of hydrogen-bond donors (Lipinski definition) is 1. The Hall–Kier alpha value is -0.760. The van der Waals surface area contributed by atoms with Crippen LogP contribution in [-0.2, 0) is 6.42 Å². The van der Waals surface area contributed by atoms with Gasteiger partial charge in [0.1, 0.15) is 0 Å². The highest BCUT2D eigenvalue weighted by atomic mass is 16.3. The van der Waals surface area contributed by atoms with Crippen molar-refractivity contribution >= 4 is 0 Å². The molecule has 14 heavy (non-hydrogen) atoms. The fourth-order valence-corrected chi connectivity index (χ4v) is 1.59. The van der Waals surface area contributed by atoms with Gasteiger partial charge in [-0.15, -0.1) is 0 Å². The van der Waals surface area contributed by atoms with Crippen LogP contribution in [0.4, 0.5) is 0 Å². The third-order valence-electron chi connectivity index (χ3n) is 2.54. The summed E-state index contributed by atoms with van der Waals surface area (Å²) in [7, 11) is 0. The third-order valence-corrected chi connectivity index (χ3v) is 2.54. The minimum absolute atomic E-state index is 0.735. The molecule has 1 N–H and O–H groups in total. The Morgan fingerprint density at radius 2 is 2.29 bits per heavy atom. The predicted octanol–water partition coefficient (Wildman–Crippen LogP) is 2.85. The molecule has 0 saturated carbocycles. The van der Waals surface area contributed by atoms with Crippen LogP contribution in [0.1, 0.15) is 32.3 Å². The summed E-state index contributed by atoms with van der Waals surface area (Å²) >= 11 is 0. The van der Waals surface area contributed by atoms with Crippen LogP contribution in [0.3, 0.4) is 0 Å². The maximum atomic E-state index is 5.07. The topological polar surface area (TPSA) is 25.2 Å². The average molecular weight is 195 g/mol. The molecule has 0 fully saturated rings. The molecule has 2 heteroatoms. The van der Waals surface area contributed by atoms with Crippen molar-refractivity contribution in [1.29, 1.82) is 0 Å². The zero-order valence-electron chi connectivity index (χ0n) is 9.25. The zero-order chi connectivity index (χ0) is 10.2. The van der Waals surface area contributed by atoms with Gasteiger partial charge in [-0.3, -0.25) is 0 Å². The van der Waals surface area contributed by atoms with Gasteiger partial charge in [-0.1, -0.05) is 20.3 Å². The molecule has 0 aromatic carbocycles. The minimum atomic E-state index is 0.735. The monoisotopic (exact) mass is 195 g/mol. The van der Waals surface area contributed by atoms with Crippen LogP contribution in [-0.4, -0.2) is 13.1 Å². The van der Waals surface area contributed by atoms with Crippen molar-refractivity contribution in [2.45, 2.75) is 33.1 Å². The van der Waals surface area contributed by atoms with Gasteiger partial charge >= 0.3 is 0 Å². The van der Waals surface area contributed by atoms with Crippen molar-refractivity contribution < 1.29 is 4.42 Å². The highest BCUT2D eigenvalue weighted by Gasteiger charge is 2.07. The maximum Gasteiger partial charge on any atom is 0.0934 e. The molecule has 0 radical (unpaired) electrons. The zero-order valence-corrected chi connectivity index (χ0v) is 9.25. The lowest BCUT2D eigenvalue weighted by atomic mass is 9.99. The Morgan fingerprint density at radius 3 is 2.86 bits per heavy atom. The lowest BCUT2D eigenvalue weighted by molar-refractivity contribution is 0.457. The largest absolute Gasteiger partial charge is 0.472 e. The Labute approximate surface area is 86.7 Å². The molecule has 0 aliphatic heterocycles. The summed E-state index contributed by atoms with van der Waals surface area (Å²) in [6, 6.07) is 2.06. The second-order valence-electron chi connectivity index (χ2n) is 3.81. The van der Waals surface area contributed by atoms with Crippen LogP contribution >= 0.6 is 0 Å². The maximum absolute atomic E-state index is 5.07. The first-order chi connectivity index (χ1) is 6.86. The predicted molar refractivity (Wildman–Crippen MR) is 59.4 cm³/mol. The van der Waals surface area contributed by atoms with Gasteiger partial charge in [-0.05, 0) is 43.5 Å². The molecule has 0 aliphatic carbocycles. The van der Waals surface area contributed by atoms with Gasteiger partial charge in [0.2, 0.25) is 0 Å². The normalized spacial score (nSPS) is 13.0. The number of nitrogens with one attached hydrogen (secondary N) is 1. The first-order valence-corrected chi connectivity index (χ1v) is 5.58. The van der Waals surface area contributed by atoms with Crippen LogP contribution in [0.5, 0.6) is 0 Å². The van der Waals surface area contributed by atoms with E-state index in [4.69, 9.17) is 4.42 Å². The molecule has 0 amide bonds. The lowest BCUT2D eigenvalue weighted by Crippen LogP contribution is -2.24. The van der Waals surface area contributed by atoms with Crippen molar-refractivity contribution in [3.63, 3.8) is 0 Å². The van der Waals surface area contributed by atoms with Crippen LogP contribution in [0.2, 0.25) is 0 Å².